The zero-order chi connectivity index (χ0) is 33.1. The average Bonchev–Trinajstić information content (AvgIpc) is 3.54. The Labute approximate surface area is 283 Å². The fraction of sp³-hybridized carbons (Fsp3) is 0.182. The van der Waals surface area contributed by atoms with E-state index in [1.165, 1.54) is 29.2 Å². The molecule has 0 amide bonds. The average molecular weight is 740 g/mol. The van der Waals surface area contributed by atoms with Gasteiger partial charge in [-0.25, -0.2) is 17.2 Å². The summed E-state index contributed by atoms with van der Waals surface area (Å²) >= 11 is 1.76. The van der Waals surface area contributed by atoms with Crippen LogP contribution in [0.1, 0.15) is 31.2 Å². The topological polar surface area (TPSA) is 99.9 Å². The molecule has 3 aromatic heterocycles. The Kier molecular flexibility index (Phi) is 12.9. The Bertz CT molecular complexity index is 1980. The third-order valence-electron chi connectivity index (χ3n) is 6.44. The molecule has 0 saturated heterocycles. The molecule has 5 rings (SSSR count). The number of unbranched alkanes of at least 4 members (excludes halogenated alkanes) is 5. The maximum absolute atomic E-state index is 15.7. The van der Waals surface area contributed by atoms with Crippen LogP contribution >= 0.6 is 10.7 Å². The van der Waals surface area contributed by atoms with Gasteiger partial charge in [0.2, 0.25) is 6.01 Å². The SMILES string of the molecule is C#Cc1c(F)ccc2cccc(-c3ncc4[c-]nc(OCCCn5ccc(S(=O)(=O)Cl)n5)nc4c3F)c12.[CH2-][CH-]CC[CH-][CH-]C[CH]=[Nb]. The van der Waals surface area contributed by atoms with Crippen molar-refractivity contribution in [3.8, 4) is 29.6 Å². The second kappa shape index (κ2) is 16.9. The van der Waals surface area contributed by atoms with Crippen LogP contribution < -0.4 is 4.74 Å². The molecule has 46 heavy (non-hydrogen) atoms. The maximum atomic E-state index is 15.7. The van der Waals surface area contributed by atoms with Crippen LogP contribution in [0.25, 0.3) is 32.9 Å². The quantitative estimate of drug-likeness (QED) is 0.0450. The van der Waals surface area contributed by atoms with E-state index in [0.717, 1.165) is 19.3 Å². The first-order valence-electron chi connectivity index (χ1n) is 13.9. The van der Waals surface area contributed by atoms with Crippen LogP contribution in [0, 0.1) is 56.4 Å². The molecule has 0 aliphatic heterocycles. The number of nitrogens with zero attached hydrogens (tertiary/aromatic N) is 5. The molecule has 3 heterocycles. The van der Waals surface area contributed by atoms with Crippen molar-refractivity contribution in [1.82, 2.24) is 24.7 Å². The third kappa shape index (κ3) is 9.05. The van der Waals surface area contributed by atoms with Gasteiger partial charge < -0.3 is 14.7 Å². The van der Waals surface area contributed by atoms with E-state index >= 15 is 4.39 Å². The van der Waals surface area contributed by atoms with Gasteiger partial charge in [-0.1, -0.05) is 35.6 Å². The molecule has 0 aliphatic carbocycles. The van der Waals surface area contributed by atoms with Crippen LogP contribution in [0.3, 0.4) is 0 Å². The van der Waals surface area contributed by atoms with Crippen molar-refractivity contribution in [2.45, 2.75) is 37.3 Å². The van der Waals surface area contributed by atoms with Gasteiger partial charge in [0.1, 0.15) is 11.6 Å². The molecule has 0 aliphatic rings. The Morgan fingerprint density at radius 3 is 2.74 bits per heavy atom. The van der Waals surface area contributed by atoms with Crippen LogP contribution in [0.15, 0.2) is 53.8 Å². The van der Waals surface area contributed by atoms with Gasteiger partial charge in [-0.3, -0.25) is 9.67 Å². The van der Waals surface area contributed by atoms with Crippen LogP contribution in [-0.4, -0.2) is 44.0 Å². The number of pyridine rings is 1. The Hall–Kier alpha value is -3.53. The van der Waals surface area contributed by atoms with E-state index in [1.54, 1.807) is 44.9 Å². The number of fused-ring (bicyclic) bond motifs is 2. The van der Waals surface area contributed by atoms with E-state index in [0.29, 0.717) is 29.3 Å². The van der Waals surface area contributed by atoms with E-state index < -0.39 is 20.7 Å². The summed E-state index contributed by atoms with van der Waals surface area (Å²) in [6.45, 7) is 4.11. The number of halogens is 3. The number of ether oxygens (including phenoxy) is 1. The molecule has 13 heteroatoms. The number of aromatic nitrogens is 5. The Morgan fingerprint density at radius 1 is 1.20 bits per heavy atom. The minimum absolute atomic E-state index is 0.0145. The molecule has 0 saturated carbocycles. The fourth-order valence-electron chi connectivity index (χ4n) is 4.32. The minimum atomic E-state index is -3.91. The summed E-state index contributed by atoms with van der Waals surface area (Å²) in [7, 11) is 1.36. The van der Waals surface area contributed by atoms with Crippen molar-refractivity contribution in [1.29, 1.82) is 0 Å². The molecule has 0 spiro atoms. The predicted molar refractivity (Wildman–Crippen MR) is 171 cm³/mol. The van der Waals surface area contributed by atoms with E-state index in [2.05, 4.69) is 56.2 Å². The summed E-state index contributed by atoms with van der Waals surface area (Å²) in [4.78, 5) is 12.3. The normalized spacial score (nSPS) is 11.2. The summed E-state index contributed by atoms with van der Waals surface area (Å²) in [5.74, 6) is 0.994. The van der Waals surface area contributed by atoms with Gasteiger partial charge in [-0.2, -0.15) is 5.10 Å². The van der Waals surface area contributed by atoms with E-state index in [1.807, 2.05) is 6.42 Å². The van der Waals surface area contributed by atoms with Crippen molar-refractivity contribution >= 4 is 45.6 Å². The molecule has 8 nitrogen and oxygen atoms in total. The predicted octanol–water partition coefficient (Wildman–Crippen LogP) is 6.45. The number of aryl methyl sites for hydroxylation is 1. The summed E-state index contributed by atoms with van der Waals surface area (Å²) in [6, 6.07) is 9.07. The first-order chi connectivity index (χ1) is 22.2. The van der Waals surface area contributed by atoms with Crippen molar-refractivity contribution in [3.63, 3.8) is 0 Å². The summed E-state index contributed by atoms with van der Waals surface area (Å²) in [5, 5.41) is 4.86. The molecule has 5 aromatic rings. The fourth-order valence-corrected chi connectivity index (χ4v) is 5.29. The third-order valence-corrected chi connectivity index (χ3v) is 8.15. The van der Waals surface area contributed by atoms with Gasteiger partial charge in [-0.15, -0.1) is 6.42 Å². The van der Waals surface area contributed by atoms with Crippen molar-refractivity contribution in [3.05, 3.63) is 98.4 Å². The van der Waals surface area contributed by atoms with Gasteiger partial charge in [0, 0.05) is 39.9 Å². The molecule has 0 radical (unpaired) electrons. The molecular weight excluding hydrogens is 713 g/mol. The molecule has 0 bridgehead atoms. The second-order valence-electron chi connectivity index (χ2n) is 9.58. The second-order valence-corrected chi connectivity index (χ2v) is 13.0. The monoisotopic (exact) mass is 739 g/mol. The van der Waals surface area contributed by atoms with Gasteiger partial charge in [-0.05, 0) is 36.3 Å². The molecule has 0 fully saturated rings. The van der Waals surface area contributed by atoms with Crippen LogP contribution in [0.5, 0.6) is 6.01 Å². The standard InChI is InChI=1S/C25H15ClF2N5O3S.C8H12.Nb/c1-2-17-19(27)8-7-15-5-3-6-18(21(15)17)24-22(28)23-16(13-29-24)14-30-25(31-23)36-12-4-10-33-11-9-20(32-33)37(26,34)35;1-3-5-7-8-6-4-2;/h1,3,5-9,11,13H,4,10,12H2;1,4-5,7H,2-3,6,8H2;/q-1;-4;. The van der Waals surface area contributed by atoms with Crippen molar-refractivity contribution in [2.75, 3.05) is 6.61 Å². The number of rotatable bonds is 13. The Balaban J connectivity index is 0.000000468. The molecule has 2 aromatic carbocycles. The van der Waals surface area contributed by atoms with E-state index in [-0.39, 0.29) is 39.8 Å². The van der Waals surface area contributed by atoms with Crippen LogP contribution in [0.2, 0.25) is 0 Å². The van der Waals surface area contributed by atoms with Gasteiger partial charge in [0.15, 0.2) is 5.03 Å². The van der Waals surface area contributed by atoms with E-state index in [9.17, 15) is 12.8 Å². The van der Waals surface area contributed by atoms with Crippen molar-refractivity contribution in [2.24, 2.45) is 0 Å². The van der Waals surface area contributed by atoms with Gasteiger partial charge in [0.25, 0.3) is 9.05 Å². The first kappa shape index (κ1) is 35.3. The number of benzene rings is 2. The summed E-state index contributed by atoms with van der Waals surface area (Å²) in [5.41, 5.74) is 0.209. The molecule has 239 valence electrons. The zero-order valence-corrected chi connectivity index (χ0v) is 28.2. The number of terminal acetylenes is 1. The molecule has 0 atom stereocenters. The zero-order valence-electron chi connectivity index (χ0n) is 24.4. The van der Waals surface area contributed by atoms with E-state index in [4.69, 9.17) is 21.8 Å². The van der Waals surface area contributed by atoms with Crippen molar-refractivity contribution < 1.29 is 42.5 Å². The summed E-state index contributed by atoms with van der Waals surface area (Å²) in [6.07, 6.45) is 21.2. The van der Waals surface area contributed by atoms with Gasteiger partial charge >= 0.3 is 70.3 Å². The number of hydrogen-bond donors (Lipinski definition) is 0. The molecule has 0 unspecified atom stereocenters. The van der Waals surface area contributed by atoms with Crippen LogP contribution in [-0.2, 0) is 36.2 Å². The molecule has 0 N–H and O–H groups in total. The summed E-state index contributed by atoms with van der Waals surface area (Å²) < 4.78 is 61.8. The number of hydrogen-bond acceptors (Lipinski definition) is 7. The van der Waals surface area contributed by atoms with Crippen LogP contribution in [0.4, 0.5) is 8.78 Å². The molecular formula is C33H27ClF2N5NbO3S-5. The first-order valence-corrected chi connectivity index (χ1v) is 17.5. The Morgan fingerprint density at radius 2 is 2.02 bits per heavy atom. The van der Waals surface area contributed by atoms with Gasteiger partial charge in [0.05, 0.1) is 17.9 Å².